The molecular formula is C12H27N3. The van der Waals surface area contributed by atoms with Crippen LogP contribution < -0.4 is 5.32 Å². The lowest BCUT2D eigenvalue weighted by molar-refractivity contribution is 0.210. The fraction of sp³-hybridized carbons (Fsp3) is 1.00. The van der Waals surface area contributed by atoms with Crippen molar-refractivity contribution in [1.29, 1.82) is 0 Å². The lowest BCUT2D eigenvalue weighted by Crippen LogP contribution is -2.37. The zero-order valence-electron chi connectivity index (χ0n) is 10.8. The molecule has 2 unspecified atom stereocenters. The van der Waals surface area contributed by atoms with Gasteiger partial charge in [0.05, 0.1) is 0 Å². The van der Waals surface area contributed by atoms with Gasteiger partial charge in [0.1, 0.15) is 0 Å². The Balaban J connectivity index is 2.15. The van der Waals surface area contributed by atoms with Gasteiger partial charge in [0.25, 0.3) is 0 Å². The highest BCUT2D eigenvalue weighted by Crippen LogP contribution is 2.08. The van der Waals surface area contributed by atoms with Crippen LogP contribution in [0.3, 0.4) is 0 Å². The minimum Gasteiger partial charge on any atom is -0.316 e. The molecule has 0 aromatic heterocycles. The molecule has 0 aromatic carbocycles. The number of hydrogen-bond donors (Lipinski definition) is 1. The van der Waals surface area contributed by atoms with Gasteiger partial charge < -0.3 is 15.1 Å². The molecule has 90 valence electrons. The van der Waals surface area contributed by atoms with Gasteiger partial charge >= 0.3 is 0 Å². The predicted molar refractivity (Wildman–Crippen MR) is 66.3 cm³/mol. The summed E-state index contributed by atoms with van der Waals surface area (Å²) in [7, 11) is 4.30. The molecule has 0 bridgehead atoms. The van der Waals surface area contributed by atoms with E-state index in [1.165, 1.54) is 39.0 Å². The smallest absolute Gasteiger partial charge is 0.0204 e. The minimum absolute atomic E-state index is 0.715. The SMILES string of the molecule is CCC(C)N(C)CCN1CCC(NC)C1. The number of likely N-dealkylation sites (tertiary alicyclic amines) is 1. The quantitative estimate of drug-likeness (QED) is 0.710. The Morgan fingerprint density at radius 2 is 2.27 bits per heavy atom. The summed E-state index contributed by atoms with van der Waals surface area (Å²) >= 11 is 0. The van der Waals surface area contributed by atoms with Gasteiger partial charge in [-0.3, -0.25) is 0 Å². The fourth-order valence-corrected chi connectivity index (χ4v) is 2.10. The maximum Gasteiger partial charge on any atom is 0.0204 e. The van der Waals surface area contributed by atoms with E-state index in [2.05, 4.69) is 43.1 Å². The summed E-state index contributed by atoms with van der Waals surface area (Å²) in [5.41, 5.74) is 0. The van der Waals surface area contributed by atoms with Crippen molar-refractivity contribution in [2.75, 3.05) is 40.3 Å². The number of rotatable bonds is 6. The van der Waals surface area contributed by atoms with Crippen molar-refractivity contribution >= 4 is 0 Å². The van der Waals surface area contributed by atoms with E-state index in [-0.39, 0.29) is 0 Å². The Hall–Kier alpha value is -0.120. The van der Waals surface area contributed by atoms with Gasteiger partial charge in [0.15, 0.2) is 0 Å². The van der Waals surface area contributed by atoms with Gasteiger partial charge in [-0.05, 0) is 40.4 Å². The Morgan fingerprint density at radius 1 is 1.53 bits per heavy atom. The molecule has 0 aromatic rings. The first-order valence-electron chi connectivity index (χ1n) is 6.27. The summed E-state index contributed by atoms with van der Waals surface area (Å²) in [6, 6.07) is 1.44. The van der Waals surface area contributed by atoms with E-state index in [4.69, 9.17) is 0 Å². The Labute approximate surface area is 94.8 Å². The topological polar surface area (TPSA) is 18.5 Å². The van der Waals surface area contributed by atoms with Gasteiger partial charge in [-0.15, -0.1) is 0 Å². The second-order valence-electron chi connectivity index (χ2n) is 4.81. The summed E-state index contributed by atoms with van der Waals surface area (Å²) in [5, 5.41) is 3.36. The van der Waals surface area contributed by atoms with E-state index in [0.29, 0.717) is 6.04 Å². The van der Waals surface area contributed by atoms with Crippen molar-refractivity contribution in [1.82, 2.24) is 15.1 Å². The predicted octanol–water partition coefficient (Wildman–Crippen LogP) is 1.01. The normalized spacial score (nSPS) is 25.0. The van der Waals surface area contributed by atoms with Gasteiger partial charge in [-0.2, -0.15) is 0 Å². The summed E-state index contributed by atoms with van der Waals surface area (Å²) < 4.78 is 0. The van der Waals surface area contributed by atoms with Crippen LogP contribution in [0.25, 0.3) is 0 Å². The van der Waals surface area contributed by atoms with E-state index in [1.807, 2.05) is 0 Å². The van der Waals surface area contributed by atoms with E-state index in [9.17, 15) is 0 Å². The Morgan fingerprint density at radius 3 is 2.80 bits per heavy atom. The van der Waals surface area contributed by atoms with Crippen molar-refractivity contribution < 1.29 is 0 Å². The molecule has 0 aliphatic carbocycles. The van der Waals surface area contributed by atoms with Crippen LogP contribution in [0.15, 0.2) is 0 Å². The van der Waals surface area contributed by atoms with Crippen molar-refractivity contribution in [3.05, 3.63) is 0 Å². The molecule has 1 fully saturated rings. The number of likely N-dealkylation sites (N-methyl/N-ethyl adjacent to an activating group) is 2. The maximum absolute atomic E-state index is 3.36. The van der Waals surface area contributed by atoms with E-state index >= 15 is 0 Å². The monoisotopic (exact) mass is 213 g/mol. The third-order valence-electron chi connectivity index (χ3n) is 3.79. The van der Waals surface area contributed by atoms with E-state index in [1.54, 1.807) is 0 Å². The molecule has 1 N–H and O–H groups in total. The number of hydrogen-bond acceptors (Lipinski definition) is 3. The fourth-order valence-electron chi connectivity index (χ4n) is 2.10. The van der Waals surface area contributed by atoms with Crippen LogP contribution in [-0.2, 0) is 0 Å². The standard InChI is InChI=1S/C12H27N3/c1-5-11(2)14(4)8-9-15-7-6-12(10-15)13-3/h11-13H,5-10H2,1-4H3. The van der Waals surface area contributed by atoms with Crippen molar-refractivity contribution in [2.24, 2.45) is 0 Å². The van der Waals surface area contributed by atoms with Crippen LogP contribution in [0, 0.1) is 0 Å². The highest BCUT2D eigenvalue weighted by molar-refractivity contribution is 4.80. The van der Waals surface area contributed by atoms with Crippen LogP contribution >= 0.6 is 0 Å². The van der Waals surface area contributed by atoms with Gasteiger partial charge in [-0.1, -0.05) is 6.92 Å². The molecule has 0 saturated carbocycles. The molecule has 1 heterocycles. The second-order valence-corrected chi connectivity index (χ2v) is 4.81. The first kappa shape index (κ1) is 12.9. The van der Waals surface area contributed by atoms with Crippen LogP contribution in [0.2, 0.25) is 0 Å². The molecule has 15 heavy (non-hydrogen) atoms. The second kappa shape index (κ2) is 6.46. The maximum atomic E-state index is 3.36. The average Bonchev–Trinajstić information content (AvgIpc) is 2.72. The van der Waals surface area contributed by atoms with Gasteiger partial charge in [0, 0.05) is 31.7 Å². The largest absolute Gasteiger partial charge is 0.316 e. The molecule has 1 rings (SSSR count). The molecular weight excluding hydrogens is 186 g/mol. The molecule has 0 amide bonds. The highest BCUT2D eigenvalue weighted by atomic mass is 15.2. The number of nitrogens with one attached hydrogen (secondary N) is 1. The van der Waals surface area contributed by atoms with Crippen LogP contribution in [-0.4, -0.2) is 62.2 Å². The first-order valence-corrected chi connectivity index (χ1v) is 6.27. The molecule has 2 atom stereocenters. The van der Waals surface area contributed by atoms with Crippen LogP contribution in [0.5, 0.6) is 0 Å². The zero-order valence-corrected chi connectivity index (χ0v) is 10.8. The molecule has 1 aliphatic heterocycles. The van der Waals surface area contributed by atoms with Crippen molar-refractivity contribution in [2.45, 2.75) is 38.8 Å². The summed E-state index contributed by atoms with van der Waals surface area (Å²) in [4.78, 5) is 5.03. The third-order valence-corrected chi connectivity index (χ3v) is 3.79. The van der Waals surface area contributed by atoms with E-state index in [0.717, 1.165) is 6.04 Å². The molecule has 1 aliphatic rings. The molecule has 3 heteroatoms. The van der Waals surface area contributed by atoms with Gasteiger partial charge in [0.2, 0.25) is 0 Å². The summed E-state index contributed by atoms with van der Waals surface area (Å²) in [5.74, 6) is 0. The molecule has 0 spiro atoms. The lowest BCUT2D eigenvalue weighted by Gasteiger charge is -2.26. The Kier molecular flexibility index (Phi) is 5.58. The van der Waals surface area contributed by atoms with Crippen molar-refractivity contribution in [3.63, 3.8) is 0 Å². The minimum atomic E-state index is 0.715. The summed E-state index contributed by atoms with van der Waals surface area (Å²) in [6.45, 7) is 9.48. The molecule has 3 nitrogen and oxygen atoms in total. The molecule has 1 saturated heterocycles. The first-order chi connectivity index (χ1) is 7.17. The van der Waals surface area contributed by atoms with Crippen LogP contribution in [0.1, 0.15) is 26.7 Å². The van der Waals surface area contributed by atoms with Crippen molar-refractivity contribution in [3.8, 4) is 0 Å². The van der Waals surface area contributed by atoms with Gasteiger partial charge in [-0.25, -0.2) is 0 Å². The average molecular weight is 213 g/mol. The zero-order chi connectivity index (χ0) is 11.3. The van der Waals surface area contributed by atoms with E-state index < -0.39 is 0 Å². The lowest BCUT2D eigenvalue weighted by atomic mass is 10.2. The Bertz CT molecular complexity index is 172. The molecule has 0 radical (unpaired) electrons. The third kappa shape index (κ3) is 4.09. The van der Waals surface area contributed by atoms with Crippen LogP contribution in [0.4, 0.5) is 0 Å². The number of nitrogens with zero attached hydrogens (tertiary/aromatic N) is 2. The summed E-state index contributed by atoms with van der Waals surface area (Å²) in [6.07, 6.45) is 2.55. The highest BCUT2D eigenvalue weighted by Gasteiger charge is 2.20.